The second-order valence-corrected chi connectivity index (χ2v) is 8.97. The van der Waals surface area contributed by atoms with Gasteiger partial charge in [-0.3, -0.25) is 4.79 Å². The minimum Gasteiger partial charge on any atom is -0.468 e. The standard InChI is InChI=1S/C21H34O4S/c1-3-4-5-6-7-8-9-10-11-15-18-20(21(22)25-2)26(23,24)19-16-13-12-14-17-19/h12-14,16-17,20H,3-11,15,18H2,1-2H3. The molecule has 0 radical (unpaired) electrons. The van der Waals surface area contributed by atoms with Crippen LogP contribution in [0, 0.1) is 0 Å². The second-order valence-electron chi connectivity index (χ2n) is 6.84. The molecule has 0 aliphatic carbocycles. The van der Waals surface area contributed by atoms with Gasteiger partial charge in [0.05, 0.1) is 12.0 Å². The molecule has 0 N–H and O–H groups in total. The number of hydrogen-bond donors (Lipinski definition) is 0. The molecule has 1 unspecified atom stereocenters. The zero-order chi connectivity index (χ0) is 19.3. The molecule has 0 bridgehead atoms. The molecule has 0 spiro atoms. The van der Waals surface area contributed by atoms with Crippen LogP contribution in [-0.2, 0) is 19.4 Å². The fourth-order valence-corrected chi connectivity index (χ4v) is 4.81. The fraction of sp³-hybridized carbons (Fsp3) is 0.667. The molecule has 5 heteroatoms. The molecule has 1 atom stereocenters. The molecular formula is C21H34O4S. The fourth-order valence-electron chi connectivity index (χ4n) is 3.12. The zero-order valence-electron chi connectivity index (χ0n) is 16.3. The Bertz CT molecular complexity index is 596. The first kappa shape index (κ1) is 22.7. The summed E-state index contributed by atoms with van der Waals surface area (Å²) in [6.45, 7) is 2.22. The first-order valence-electron chi connectivity index (χ1n) is 9.90. The summed E-state index contributed by atoms with van der Waals surface area (Å²) in [6.07, 6.45) is 12.0. The van der Waals surface area contributed by atoms with Crippen molar-refractivity contribution in [3.8, 4) is 0 Å². The summed E-state index contributed by atoms with van der Waals surface area (Å²) in [6, 6.07) is 8.16. The third kappa shape index (κ3) is 7.90. The molecule has 0 aromatic heterocycles. The van der Waals surface area contributed by atoms with E-state index in [-0.39, 0.29) is 4.90 Å². The molecule has 148 valence electrons. The highest BCUT2D eigenvalue weighted by Crippen LogP contribution is 2.22. The van der Waals surface area contributed by atoms with Gasteiger partial charge in [0.2, 0.25) is 0 Å². The highest BCUT2D eigenvalue weighted by atomic mass is 32.2. The van der Waals surface area contributed by atoms with Gasteiger partial charge in [-0.25, -0.2) is 8.42 Å². The van der Waals surface area contributed by atoms with E-state index in [0.29, 0.717) is 6.42 Å². The summed E-state index contributed by atoms with van der Waals surface area (Å²) in [5.74, 6) is -0.662. The van der Waals surface area contributed by atoms with Gasteiger partial charge < -0.3 is 4.74 Å². The van der Waals surface area contributed by atoms with Crippen molar-refractivity contribution in [2.45, 2.75) is 87.7 Å². The van der Waals surface area contributed by atoms with Gasteiger partial charge >= 0.3 is 5.97 Å². The summed E-state index contributed by atoms with van der Waals surface area (Å²) in [4.78, 5) is 12.2. The van der Waals surface area contributed by atoms with Crippen LogP contribution in [0.25, 0.3) is 0 Å². The van der Waals surface area contributed by atoms with Crippen LogP contribution >= 0.6 is 0 Å². The molecule has 0 heterocycles. The number of rotatable bonds is 14. The van der Waals surface area contributed by atoms with Crippen LogP contribution in [0.3, 0.4) is 0 Å². The van der Waals surface area contributed by atoms with Gasteiger partial charge in [-0.2, -0.15) is 0 Å². The van der Waals surface area contributed by atoms with Crippen molar-refractivity contribution in [2.24, 2.45) is 0 Å². The van der Waals surface area contributed by atoms with Crippen LogP contribution in [-0.4, -0.2) is 26.7 Å². The van der Waals surface area contributed by atoms with Gasteiger partial charge in [-0.05, 0) is 18.6 Å². The highest BCUT2D eigenvalue weighted by Gasteiger charge is 2.34. The van der Waals surface area contributed by atoms with E-state index in [1.165, 1.54) is 64.2 Å². The Labute approximate surface area is 159 Å². The lowest BCUT2D eigenvalue weighted by Gasteiger charge is -2.15. The zero-order valence-corrected chi connectivity index (χ0v) is 17.1. The topological polar surface area (TPSA) is 60.4 Å². The first-order valence-corrected chi connectivity index (χ1v) is 11.5. The monoisotopic (exact) mass is 382 g/mol. The predicted octanol–water partition coefficient (Wildman–Crippen LogP) is 5.31. The van der Waals surface area contributed by atoms with Crippen molar-refractivity contribution in [2.75, 3.05) is 7.11 Å². The average molecular weight is 383 g/mol. The summed E-state index contributed by atoms with van der Waals surface area (Å²) in [7, 11) is -2.45. The maximum Gasteiger partial charge on any atom is 0.324 e. The van der Waals surface area contributed by atoms with Crippen molar-refractivity contribution < 1.29 is 17.9 Å². The Balaban J connectivity index is 2.39. The van der Waals surface area contributed by atoms with Gasteiger partial charge in [-0.15, -0.1) is 0 Å². The maximum absolute atomic E-state index is 12.7. The normalized spacial score (nSPS) is 12.7. The third-order valence-corrected chi connectivity index (χ3v) is 6.84. The van der Waals surface area contributed by atoms with Crippen molar-refractivity contribution >= 4 is 15.8 Å². The number of ether oxygens (including phenoxy) is 1. The van der Waals surface area contributed by atoms with Gasteiger partial charge in [0.25, 0.3) is 0 Å². The molecule has 0 saturated heterocycles. The van der Waals surface area contributed by atoms with Crippen LogP contribution in [0.2, 0.25) is 0 Å². The number of methoxy groups -OCH3 is 1. The molecule has 0 aliphatic rings. The van der Waals surface area contributed by atoms with E-state index in [0.717, 1.165) is 19.3 Å². The summed E-state index contributed by atoms with van der Waals surface area (Å²) >= 11 is 0. The molecule has 1 aromatic rings. The molecule has 0 amide bonds. The van der Waals surface area contributed by atoms with E-state index in [4.69, 9.17) is 4.74 Å². The molecule has 0 fully saturated rings. The SMILES string of the molecule is CCCCCCCCCCCCC(C(=O)OC)S(=O)(=O)c1ccccc1. The Morgan fingerprint density at radius 2 is 1.38 bits per heavy atom. The molecule has 1 rings (SSSR count). The highest BCUT2D eigenvalue weighted by molar-refractivity contribution is 7.92. The second kappa shape index (κ2) is 12.9. The molecule has 0 saturated carbocycles. The Kier molecular flexibility index (Phi) is 11.3. The first-order chi connectivity index (χ1) is 12.5. The molecule has 1 aromatic carbocycles. The van der Waals surface area contributed by atoms with E-state index < -0.39 is 21.1 Å². The molecule has 26 heavy (non-hydrogen) atoms. The van der Waals surface area contributed by atoms with E-state index in [2.05, 4.69) is 6.92 Å². The summed E-state index contributed by atoms with van der Waals surface area (Å²) < 4.78 is 30.2. The van der Waals surface area contributed by atoms with Crippen molar-refractivity contribution in [1.82, 2.24) is 0 Å². The molecule has 0 aliphatic heterocycles. The van der Waals surface area contributed by atoms with E-state index >= 15 is 0 Å². The Morgan fingerprint density at radius 1 is 0.885 bits per heavy atom. The Morgan fingerprint density at radius 3 is 1.88 bits per heavy atom. The van der Waals surface area contributed by atoms with E-state index in [1.807, 2.05) is 0 Å². The van der Waals surface area contributed by atoms with Crippen LogP contribution in [0.4, 0.5) is 0 Å². The predicted molar refractivity (Wildman–Crippen MR) is 106 cm³/mol. The average Bonchev–Trinajstić information content (AvgIpc) is 2.66. The summed E-state index contributed by atoms with van der Waals surface area (Å²) in [5, 5.41) is -1.11. The number of hydrogen-bond acceptors (Lipinski definition) is 4. The van der Waals surface area contributed by atoms with Gasteiger partial charge in [0.1, 0.15) is 0 Å². The number of carbonyl (C=O) groups excluding carboxylic acids is 1. The van der Waals surface area contributed by atoms with E-state index in [1.54, 1.807) is 18.2 Å². The van der Waals surface area contributed by atoms with Gasteiger partial charge in [0.15, 0.2) is 15.1 Å². The largest absolute Gasteiger partial charge is 0.468 e. The lowest BCUT2D eigenvalue weighted by Crippen LogP contribution is -2.31. The van der Waals surface area contributed by atoms with Crippen molar-refractivity contribution in [3.63, 3.8) is 0 Å². The van der Waals surface area contributed by atoms with Crippen LogP contribution in [0.5, 0.6) is 0 Å². The number of carbonyl (C=O) groups is 1. The number of esters is 1. The lowest BCUT2D eigenvalue weighted by atomic mass is 10.1. The van der Waals surface area contributed by atoms with Crippen LogP contribution < -0.4 is 0 Å². The minimum atomic E-state index is -3.70. The number of benzene rings is 1. The number of unbranched alkanes of at least 4 members (excludes halogenated alkanes) is 9. The lowest BCUT2D eigenvalue weighted by molar-refractivity contribution is -0.140. The van der Waals surface area contributed by atoms with Crippen LogP contribution in [0.1, 0.15) is 77.6 Å². The third-order valence-electron chi connectivity index (χ3n) is 4.73. The quantitative estimate of drug-likeness (QED) is 0.323. The molecule has 4 nitrogen and oxygen atoms in total. The summed E-state index contributed by atoms with van der Waals surface area (Å²) in [5.41, 5.74) is 0. The van der Waals surface area contributed by atoms with Crippen molar-refractivity contribution in [3.05, 3.63) is 30.3 Å². The minimum absolute atomic E-state index is 0.183. The Hall–Kier alpha value is -1.36. The van der Waals surface area contributed by atoms with Crippen LogP contribution in [0.15, 0.2) is 35.2 Å². The van der Waals surface area contributed by atoms with Gasteiger partial charge in [-0.1, -0.05) is 89.3 Å². The van der Waals surface area contributed by atoms with Gasteiger partial charge in [0, 0.05) is 0 Å². The van der Waals surface area contributed by atoms with E-state index in [9.17, 15) is 13.2 Å². The number of sulfone groups is 1. The maximum atomic E-state index is 12.7. The smallest absolute Gasteiger partial charge is 0.324 e. The van der Waals surface area contributed by atoms with Crippen molar-refractivity contribution in [1.29, 1.82) is 0 Å². The molecular weight excluding hydrogens is 348 g/mol.